The van der Waals surface area contributed by atoms with Gasteiger partial charge in [0.2, 0.25) is 5.91 Å². The second kappa shape index (κ2) is 6.71. The van der Waals surface area contributed by atoms with Gasteiger partial charge in [-0.15, -0.1) is 0 Å². The summed E-state index contributed by atoms with van der Waals surface area (Å²) in [7, 11) is 0. The third-order valence-corrected chi connectivity index (χ3v) is 4.63. The van der Waals surface area contributed by atoms with Gasteiger partial charge in [-0.3, -0.25) is 10.2 Å². The molecule has 1 fully saturated rings. The molecule has 0 saturated carbocycles. The van der Waals surface area contributed by atoms with Crippen molar-refractivity contribution in [3.05, 3.63) is 42.0 Å². The Morgan fingerprint density at radius 2 is 1.74 bits per heavy atom. The third-order valence-electron chi connectivity index (χ3n) is 4.63. The number of amides is 1. The lowest BCUT2D eigenvalue weighted by molar-refractivity contribution is -0.203. The maximum Gasteiger partial charge on any atom is 0.409 e. The van der Waals surface area contributed by atoms with Gasteiger partial charge in [-0.25, -0.2) is 0 Å². The molecule has 146 valence electrons. The van der Waals surface area contributed by atoms with E-state index in [4.69, 9.17) is 4.74 Å². The summed E-state index contributed by atoms with van der Waals surface area (Å²) in [5.41, 5.74) is 1.52. The van der Waals surface area contributed by atoms with Crippen LogP contribution in [0.2, 0.25) is 0 Å². The van der Waals surface area contributed by atoms with Gasteiger partial charge in [0.15, 0.2) is 6.04 Å². The number of fused-ring (bicyclic) bond motifs is 1. The fourth-order valence-electron chi connectivity index (χ4n) is 3.57. The van der Waals surface area contributed by atoms with Crippen LogP contribution in [0.4, 0.5) is 13.2 Å². The quantitative estimate of drug-likeness (QED) is 0.833. The molecule has 1 aliphatic rings. The van der Waals surface area contributed by atoms with Crippen LogP contribution in [0.3, 0.4) is 0 Å². The van der Waals surface area contributed by atoms with E-state index in [1.807, 2.05) is 13.8 Å². The van der Waals surface area contributed by atoms with E-state index in [0.717, 1.165) is 5.01 Å². The molecule has 1 atom stereocenters. The normalized spacial score (nSPS) is 18.7. The van der Waals surface area contributed by atoms with Gasteiger partial charge in [0.25, 0.3) is 0 Å². The van der Waals surface area contributed by atoms with Gasteiger partial charge in [-0.05, 0) is 44.7 Å². The SMILES string of the molecule is CC(C)Oc1ccc([C@H](N2NC(=O)CC2(C)C)C(F)(F)F)c2ccccc12. The predicted molar refractivity (Wildman–Crippen MR) is 97.2 cm³/mol. The van der Waals surface area contributed by atoms with Gasteiger partial charge in [0.05, 0.1) is 6.10 Å². The highest BCUT2D eigenvalue weighted by Crippen LogP contribution is 2.45. The number of hydrogen-bond acceptors (Lipinski definition) is 3. The second-order valence-electron chi connectivity index (χ2n) is 7.70. The van der Waals surface area contributed by atoms with Gasteiger partial charge in [0.1, 0.15) is 5.75 Å². The van der Waals surface area contributed by atoms with Crippen LogP contribution in [-0.2, 0) is 4.79 Å². The van der Waals surface area contributed by atoms with Crippen molar-refractivity contribution in [2.24, 2.45) is 0 Å². The molecule has 1 aliphatic heterocycles. The fourth-order valence-corrected chi connectivity index (χ4v) is 3.57. The van der Waals surface area contributed by atoms with Crippen LogP contribution >= 0.6 is 0 Å². The standard InChI is InChI=1S/C20H23F3N2O2/c1-12(2)27-16-10-9-15(13-7-5-6-8-14(13)16)18(20(21,22)23)25-19(3,4)11-17(26)24-25/h5-10,12,18H,11H2,1-4H3,(H,24,26)/t18-/m0/s1. The van der Waals surface area contributed by atoms with Crippen LogP contribution in [0, 0.1) is 0 Å². The first-order valence-corrected chi connectivity index (χ1v) is 8.84. The molecule has 0 spiro atoms. The van der Waals surface area contributed by atoms with E-state index in [9.17, 15) is 18.0 Å². The number of carbonyl (C=O) groups is 1. The summed E-state index contributed by atoms with van der Waals surface area (Å²) < 4.78 is 48.2. The Balaban J connectivity index is 2.19. The van der Waals surface area contributed by atoms with Crippen molar-refractivity contribution in [1.82, 2.24) is 10.4 Å². The number of benzene rings is 2. The van der Waals surface area contributed by atoms with Crippen LogP contribution in [0.1, 0.15) is 45.7 Å². The molecule has 0 aliphatic carbocycles. The topological polar surface area (TPSA) is 41.6 Å². The lowest BCUT2D eigenvalue weighted by Gasteiger charge is -2.38. The molecule has 0 radical (unpaired) electrons. The van der Waals surface area contributed by atoms with Crippen molar-refractivity contribution >= 4 is 16.7 Å². The number of nitrogens with one attached hydrogen (secondary N) is 1. The second-order valence-corrected chi connectivity index (χ2v) is 7.70. The fraction of sp³-hybridized carbons (Fsp3) is 0.450. The average Bonchev–Trinajstić information content (AvgIpc) is 2.80. The molecule has 0 unspecified atom stereocenters. The summed E-state index contributed by atoms with van der Waals surface area (Å²) in [5.74, 6) is 0.119. The zero-order valence-electron chi connectivity index (χ0n) is 15.7. The average molecular weight is 380 g/mol. The van der Waals surface area contributed by atoms with E-state index in [1.165, 1.54) is 6.07 Å². The number of ether oxygens (including phenoxy) is 1. The maximum atomic E-state index is 14.1. The minimum Gasteiger partial charge on any atom is -0.490 e. The number of rotatable bonds is 4. The van der Waals surface area contributed by atoms with E-state index in [2.05, 4.69) is 5.43 Å². The molecule has 4 nitrogen and oxygen atoms in total. The van der Waals surface area contributed by atoms with Crippen molar-refractivity contribution in [1.29, 1.82) is 0 Å². The number of hydrogen-bond donors (Lipinski definition) is 1. The first-order valence-electron chi connectivity index (χ1n) is 8.84. The van der Waals surface area contributed by atoms with E-state index in [1.54, 1.807) is 44.2 Å². The van der Waals surface area contributed by atoms with Crippen molar-refractivity contribution in [2.45, 2.75) is 58.0 Å². The summed E-state index contributed by atoms with van der Waals surface area (Å²) in [6, 6.07) is 7.92. The predicted octanol–water partition coefficient (Wildman–Crippen LogP) is 4.75. The Kier molecular flexibility index (Phi) is 4.84. The Morgan fingerprint density at radius 3 is 2.26 bits per heavy atom. The van der Waals surface area contributed by atoms with E-state index >= 15 is 0 Å². The number of alkyl halides is 3. The van der Waals surface area contributed by atoms with Crippen LogP contribution in [0.25, 0.3) is 10.8 Å². The van der Waals surface area contributed by atoms with Gasteiger partial charge in [-0.2, -0.15) is 18.2 Å². The van der Waals surface area contributed by atoms with E-state index in [0.29, 0.717) is 16.5 Å². The zero-order chi connectivity index (χ0) is 20.0. The molecule has 3 rings (SSSR count). The first-order chi connectivity index (χ1) is 12.5. The Bertz CT molecular complexity index is 862. The minimum absolute atomic E-state index is 0.00601. The van der Waals surface area contributed by atoms with Crippen LogP contribution in [0.5, 0.6) is 5.75 Å². The summed E-state index contributed by atoms with van der Waals surface area (Å²) in [4.78, 5) is 11.8. The molecular formula is C20H23F3N2O2. The molecule has 7 heteroatoms. The number of carbonyl (C=O) groups excluding carboxylic acids is 1. The molecular weight excluding hydrogens is 357 g/mol. The number of hydrazine groups is 1. The van der Waals surface area contributed by atoms with Crippen molar-refractivity contribution in [2.75, 3.05) is 0 Å². The Morgan fingerprint density at radius 1 is 1.11 bits per heavy atom. The largest absolute Gasteiger partial charge is 0.490 e. The van der Waals surface area contributed by atoms with Gasteiger partial charge in [0, 0.05) is 17.3 Å². The van der Waals surface area contributed by atoms with Crippen LogP contribution in [0.15, 0.2) is 36.4 Å². The molecule has 0 bridgehead atoms. The van der Waals surface area contributed by atoms with Crippen molar-refractivity contribution in [3.63, 3.8) is 0 Å². The smallest absolute Gasteiger partial charge is 0.409 e. The molecule has 1 heterocycles. The minimum atomic E-state index is -4.57. The van der Waals surface area contributed by atoms with Crippen molar-refractivity contribution < 1.29 is 22.7 Å². The Labute approximate surface area is 156 Å². The summed E-state index contributed by atoms with van der Waals surface area (Å²) >= 11 is 0. The van der Waals surface area contributed by atoms with Crippen LogP contribution in [-0.4, -0.2) is 28.7 Å². The third kappa shape index (κ3) is 3.74. The summed E-state index contributed by atoms with van der Waals surface area (Å²) in [6.45, 7) is 6.98. The maximum absolute atomic E-state index is 14.1. The number of halogens is 3. The van der Waals surface area contributed by atoms with Gasteiger partial charge < -0.3 is 4.74 Å². The molecule has 2 aromatic rings. The molecule has 1 saturated heterocycles. The lowest BCUT2D eigenvalue weighted by Crippen LogP contribution is -2.51. The monoisotopic (exact) mass is 380 g/mol. The van der Waals surface area contributed by atoms with Crippen molar-refractivity contribution in [3.8, 4) is 5.75 Å². The summed E-state index contributed by atoms with van der Waals surface area (Å²) in [6.07, 6.45) is -4.67. The first kappa shape index (κ1) is 19.5. The molecule has 1 N–H and O–H groups in total. The highest BCUT2D eigenvalue weighted by molar-refractivity contribution is 5.91. The van der Waals surface area contributed by atoms with Crippen LogP contribution < -0.4 is 10.2 Å². The molecule has 1 amide bonds. The van der Waals surface area contributed by atoms with E-state index in [-0.39, 0.29) is 18.1 Å². The molecule has 27 heavy (non-hydrogen) atoms. The van der Waals surface area contributed by atoms with Gasteiger partial charge >= 0.3 is 6.18 Å². The Hall–Kier alpha value is -2.28. The van der Waals surface area contributed by atoms with Gasteiger partial charge in [-0.1, -0.05) is 30.3 Å². The lowest BCUT2D eigenvalue weighted by atomic mass is 9.93. The highest BCUT2D eigenvalue weighted by Gasteiger charge is 2.53. The van der Waals surface area contributed by atoms with E-state index < -0.39 is 23.7 Å². The zero-order valence-corrected chi connectivity index (χ0v) is 15.7. The molecule has 2 aromatic carbocycles. The summed E-state index contributed by atoms with van der Waals surface area (Å²) in [5, 5.41) is 2.09. The number of nitrogens with zero attached hydrogens (tertiary/aromatic N) is 1. The highest BCUT2D eigenvalue weighted by atomic mass is 19.4. The molecule has 0 aromatic heterocycles.